The molecule has 2 saturated heterocycles. The number of hydrogen-bond donors (Lipinski definition) is 7. The molecule has 2 fully saturated rings. The number of aliphatic hydroxyl groups excluding tert-OH is 1. The average Bonchev–Trinajstić information content (AvgIpc) is 0.835. The molecule has 2 aromatic rings. The largest absolute Gasteiger partial charge is 0.391 e. The van der Waals surface area contributed by atoms with E-state index in [0.29, 0.717) is 30.6 Å². The Morgan fingerprint density at radius 2 is 1.08 bits per heavy atom. The molecule has 0 saturated carbocycles. The molecule has 0 radical (unpaired) electrons. The van der Waals surface area contributed by atoms with Crippen LogP contribution in [-0.2, 0) is 75.2 Å². The number of nitrogens with zero attached hydrogens (tertiary/aromatic N) is 7. The number of nitrogens with one attached hydrogen (secondary N) is 6. The maximum atomic E-state index is 15.6. The zero-order valence-corrected chi connectivity index (χ0v) is 61.0. The summed E-state index contributed by atoms with van der Waals surface area (Å²) in [6, 6.07) is 0.734. The molecule has 544 valence electrons. The summed E-state index contributed by atoms with van der Waals surface area (Å²) in [5.74, 6) is -12.3. The van der Waals surface area contributed by atoms with Crippen molar-refractivity contribution in [2.45, 2.75) is 220 Å². The Labute approximate surface area is 579 Å². The Balaban J connectivity index is 1.95. The van der Waals surface area contributed by atoms with Gasteiger partial charge in [-0.1, -0.05) is 122 Å². The topological polar surface area (TPSA) is 337 Å². The van der Waals surface area contributed by atoms with Gasteiger partial charge in [-0.3, -0.25) is 62.3 Å². The highest BCUT2D eigenvalue weighted by Gasteiger charge is 2.44. The number of benzene rings is 2. The molecule has 7 N–H and O–H groups in total. The molecule has 13 amide bonds. The van der Waals surface area contributed by atoms with E-state index in [2.05, 4.69) is 31.9 Å². The summed E-state index contributed by atoms with van der Waals surface area (Å²) in [5, 5.41) is 27.4. The minimum Gasteiger partial charge on any atom is -0.391 e. The highest BCUT2D eigenvalue weighted by atomic mass is 16.3. The Bertz CT molecular complexity index is 3110. The molecular formula is C71H111N13O14. The summed E-state index contributed by atoms with van der Waals surface area (Å²) in [5.41, 5.74) is 1.17. The molecule has 2 aromatic carbocycles. The van der Waals surface area contributed by atoms with Crippen LogP contribution < -0.4 is 31.9 Å². The van der Waals surface area contributed by atoms with E-state index in [0.717, 1.165) is 43.8 Å². The summed E-state index contributed by atoms with van der Waals surface area (Å²) in [7, 11) is 8.01. The Morgan fingerprint density at radius 1 is 0.561 bits per heavy atom. The van der Waals surface area contributed by atoms with E-state index < -0.39 is 174 Å². The van der Waals surface area contributed by atoms with Crippen molar-refractivity contribution in [2.24, 2.45) is 23.7 Å². The van der Waals surface area contributed by atoms with E-state index in [1.807, 2.05) is 13.8 Å². The first-order valence-electron chi connectivity index (χ1n) is 34.3. The van der Waals surface area contributed by atoms with Crippen LogP contribution >= 0.6 is 0 Å². The number of likely N-dealkylation sites (tertiary alicyclic amines) is 1. The third-order valence-electron chi connectivity index (χ3n) is 19.1. The molecule has 2 heterocycles. The zero-order valence-electron chi connectivity index (χ0n) is 61.0. The van der Waals surface area contributed by atoms with Crippen molar-refractivity contribution in [3.63, 3.8) is 0 Å². The van der Waals surface area contributed by atoms with Crippen LogP contribution in [0.3, 0.4) is 0 Å². The van der Waals surface area contributed by atoms with E-state index >= 15 is 9.59 Å². The highest BCUT2D eigenvalue weighted by molar-refractivity contribution is 6.01. The van der Waals surface area contributed by atoms with Gasteiger partial charge < -0.3 is 71.3 Å². The standard InChI is InChI=1S/C71H111N13O14/c1-20-43(8)57-69(96)83(19)59(42(6)7)71(98)78(14)46(11)60(87)77-58(48(13)85)70(97)79(15)47(12)67(94)81(17)52(36-40(2)3)61(88)72-44(9)65(92)80(16)54(38-50-32-26-22-27-33-50)63(90)74-51(39-55(86)75-56(41(4)5)64(91)76-57)68(95)82(18)53(37-49-30-24-21-25-31-49)62(89)73-45(10)66(93)84-34-28-23-29-35-84/h21-22,24-27,30-33,40-48,51-54,56-59,85H,20,23,28-29,34-39H2,1-19H3,(H,72,88)(H,73,89)(H,74,90)(H,75,86)(H,76,91)(H,77,87)/t43-,44-,45-,46-,47-,48+,51-,52-,53-,54-,56+,57-,58-,59-/m0/s1. The second-order valence-corrected chi connectivity index (χ2v) is 27.8. The third-order valence-corrected chi connectivity index (χ3v) is 19.1. The first kappa shape index (κ1) is 81.9. The fraction of sp³-hybridized carbons (Fsp3) is 0.648. The number of piperidine rings is 1. The number of hydrogen-bond acceptors (Lipinski definition) is 14. The normalized spacial score (nSPS) is 25.6. The van der Waals surface area contributed by atoms with Crippen LogP contribution in [0.15, 0.2) is 60.7 Å². The molecule has 0 spiro atoms. The fourth-order valence-electron chi connectivity index (χ4n) is 12.2. The molecule has 0 aliphatic carbocycles. The molecule has 4 rings (SSSR count). The molecule has 27 nitrogen and oxygen atoms in total. The predicted octanol–water partition coefficient (Wildman–Crippen LogP) is 1.62. The van der Waals surface area contributed by atoms with Crippen LogP contribution in [0.4, 0.5) is 0 Å². The first-order valence-corrected chi connectivity index (χ1v) is 34.3. The molecule has 14 atom stereocenters. The summed E-state index contributed by atoms with van der Waals surface area (Å²) < 4.78 is 0. The Kier molecular flexibility index (Phi) is 31.3. The van der Waals surface area contributed by atoms with Gasteiger partial charge in [-0.05, 0) is 95.1 Å². The van der Waals surface area contributed by atoms with Crippen LogP contribution in [0, 0.1) is 23.7 Å². The van der Waals surface area contributed by atoms with Crippen molar-refractivity contribution in [3.8, 4) is 0 Å². The van der Waals surface area contributed by atoms with Crippen LogP contribution in [0.25, 0.3) is 0 Å². The van der Waals surface area contributed by atoms with Gasteiger partial charge in [-0.2, -0.15) is 0 Å². The lowest BCUT2D eigenvalue weighted by molar-refractivity contribution is -0.152. The summed E-state index contributed by atoms with van der Waals surface area (Å²) in [6.07, 6.45) is 0.288. The first-order chi connectivity index (χ1) is 45.9. The van der Waals surface area contributed by atoms with Gasteiger partial charge in [0.05, 0.1) is 12.5 Å². The highest BCUT2D eigenvalue weighted by Crippen LogP contribution is 2.23. The Hall–Kier alpha value is -8.49. The fourth-order valence-corrected chi connectivity index (χ4v) is 12.2. The molecule has 2 aliphatic rings. The van der Waals surface area contributed by atoms with Gasteiger partial charge in [0.25, 0.3) is 0 Å². The summed E-state index contributed by atoms with van der Waals surface area (Å²) in [4.78, 5) is 200. The van der Waals surface area contributed by atoms with E-state index in [1.165, 1.54) is 74.9 Å². The lowest BCUT2D eigenvalue weighted by Gasteiger charge is -2.38. The third kappa shape index (κ3) is 21.8. The average molecular weight is 1370 g/mol. The molecule has 98 heavy (non-hydrogen) atoms. The van der Waals surface area contributed by atoms with Crippen molar-refractivity contribution in [2.75, 3.05) is 55.4 Å². The second-order valence-electron chi connectivity index (χ2n) is 27.8. The second kappa shape index (κ2) is 37.5. The van der Waals surface area contributed by atoms with Gasteiger partial charge in [-0.15, -0.1) is 0 Å². The monoisotopic (exact) mass is 1370 g/mol. The molecule has 0 aromatic heterocycles. The van der Waals surface area contributed by atoms with Gasteiger partial charge in [0.2, 0.25) is 76.8 Å². The van der Waals surface area contributed by atoms with Crippen molar-refractivity contribution in [3.05, 3.63) is 71.8 Å². The number of amides is 13. The predicted molar refractivity (Wildman–Crippen MR) is 369 cm³/mol. The van der Waals surface area contributed by atoms with Crippen molar-refractivity contribution in [1.82, 2.24) is 66.2 Å². The number of carbonyl (C=O) groups is 13. The smallest absolute Gasteiger partial charge is 0.248 e. The van der Waals surface area contributed by atoms with Gasteiger partial charge >= 0.3 is 0 Å². The van der Waals surface area contributed by atoms with E-state index in [1.54, 1.807) is 114 Å². The minimum absolute atomic E-state index is 0.0639. The number of aliphatic hydroxyl groups is 1. The van der Waals surface area contributed by atoms with E-state index in [4.69, 9.17) is 0 Å². The van der Waals surface area contributed by atoms with Gasteiger partial charge in [-0.25, -0.2) is 0 Å². The number of rotatable bonds is 16. The van der Waals surface area contributed by atoms with E-state index in [-0.39, 0.29) is 31.1 Å². The quantitative estimate of drug-likeness (QED) is 0.126. The number of carbonyl (C=O) groups excluding carboxylic acids is 13. The van der Waals surface area contributed by atoms with Crippen LogP contribution in [0.1, 0.15) is 140 Å². The van der Waals surface area contributed by atoms with Crippen LogP contribution in [-0.4, -0.2) is 250 Å². The molecule has 0 bridgehead atoms. The molecule has 2 aliphatic heterocycles. The minimum atomic E-state index is -1.84. The Morgan fingerprint density at radius 3 is 1.61 bits per heavy atom. The molecule has 0 unspecified atom stereocenters. The lowest BCUT2D eigenvalue weighted by atomic mass is 9.94. The summed E-state index contributed by atoms with van der Waals surface area (Å²) >= 11 is 0. The molecule has 27 heteroatoms. The zero-order chi connectivity index (χ0) is 73.9. The maximum absolute atomic E-state index is 15.6. The molecular weight excluding hydrogens is 1260 g/mol. The SMILES string of the molecule is CC[C@H](C)[C@@H]1NC(=O)[C@@H](C(C)C)NC(=O)C[C@@H](C(=O)N(C)[C@@H](Cc2ccccc2)C(=O)N[C@@H](C)C(=O)N2CCCCC2)NC(=O)[C@H](Cc2ccccc2)N(C)C(=O)[C@H](C)NC(=O)[C@H](CC(C)C)N(C)C(=O)[C@H](C)N(C)C(=O)[C@H]([C@@H](C)O)NC(=O)[C@H](C)N(C)C(=O)[C@H](C(C)C)N(C)C1=O. The number of likely N-dealkylation sites (N-methyl/N-ethyl adjacent to an activating group) is 6. The van der Waals surface area contributed by atoms with Crippen molar-refractivity contribution in [1.29, 1.82) is 0 Å². The van der Waals surface area contributed by atoms with Gasteiger partial charge in [0.15, 0.2) is 0 Å². The van der Waals surface area contributed by atoms with Gasteiger partial charge in [0, 0.05) is 68.2 Å². The van der Waals surface area contributed by atoms with E-state index in [9.17, 15) is 57.8 Å². The van der Waals surface area contributed by atoms with Crippen molar-refractivity contribution >= 4 is 76.8 Å². The van der Waals surface area contributed by atoms with Crippen molar-refractivity contribution < 1.29 is 67.4 Å². The summed E-state index contributed by atoms with van der Waals surface area (Å²) in [6.45, 7) is 21.8. The van der Waals surface area contributed by atoms with Gasteiger partial charge in [0.1, 0.15) is 72.5 Å². The van der Waals surface area contributed by atoms with Crippen LogP contribution in [0.2, 0.25) is 0 Å². The maximum Gasteiger partial charge on any atom is 0.248 e. The lowest BCUT2D eigenvalue weighted by Crippen LogP contribution is -2.62. The van der Waals surface area contributed by atoms with Crippen LogP contribution in [0.5, 0.6) is 0 Å².